The van der Waals surface area contributed by atoms with E-state index in [-0.39, 0.29) is 26.9 Å². The van der Waals surface area contributed by atoms with Gasteiger partial charge in [-0.3, -0.25) is 0 Å². The van der Waals surface area contributed by atoms with Crippen molar-refractivity contribution in [3.05, 3.63) is 65.0 Å². The number of carbonyl (C=O) groups is 1. The summed E-state index contributed by atoms with van der Waals surface area (Å²) in [4.78, 5) is 12.1. The summed E-state index contributed by atoms with van der Waals surface area (Å²) in [6.45, 7) is 0.949. The van der Waals surface area contributed by atoms with Crippen LogP contribution in [0.15, 0.2) is 57.2 Å². The Hall–Kier alpha value is -2.75. The maximum atomic E-state index is 14.0. The van der Waals surface area contributed by atoms with E-state index in [4.69, 9.17) is 4.42 Å². The highest BCUT2D eigenvalue weighted by atomic mass is 32.2. The maximum absolute atomic E-state index is 14.0. The second-order valence-electron chi connectivity index (χ2n) is 6.77. The van der Waals surface area contributed by atoms with Gasteiger partial charge in [0.05, 0.1) is 11.1 Å². The molecule has 4 rings (SSSR count). The van der Waals surface area contributed by atoms with Crippen molar-refractivity contribution in [2.75, 3.05) is 13.1 Å². The standard InChI is InChI=1S/C21H18FNO5S2/c22-17-6-2-1-5-15(17)18-8-7-14(28-18)13-16(21(24)25)19-9-10-20(29-19)30(26,27)23-11-3-4-12-23/h1-2,5-10,13H,3-4,11-12H2,(H,24,25)/b16-13-. The van der Waals surface area contributed by atoms with Gasteiger partial charge in [-0.25, -0.2) is 17.6 Å². The zero-order valence-electron chi connectivity index (χ0n) is 15.7. The normalized spacial score (nSPS) is 15.6. The van der Waals surface area contributed by atoms with E-state index in [1.165, 1.54) is 28.6 Å². The van der Waals surface area contributed by atoms with E-state index in [1.807, 2.05) is 0 Å². The molecule has 30 heavy (non-hydrogen) atoms. The molecule has 6 nitrogen and oxygen atoms in total. The number of hydrogen-bond acceptors (Lipinski definition) is 5. The average Bonchev–Trinajstić information content (AvgIpc) is 3.48. The molecule has 9 heteroatoms. The van der Waals surface area contributed by atoms with Gasteiger partial charge in [0.15, 0.2) is 0 Å². The molecule has 0 unspecified atom stereocenters. The Bertz CT molecular complexity index is 1220. The van der Waals surface area contributed by atoms with Crippen LogP contribution in [-0.4, -0.2) is 36.9 Å². The first-order valence-corrected chi connectivity index (χ1v) is 11.5. The van der Waals surface area contributed by atoms with E-state index in [2.05, 4.69) is 0 Å². The molecule has 0 bridgehead atoms. The fourth-order valence-electron chi connectivity index (χ4n) is 3.28. The molecular weight excluding hydrogens is 429 g/mol. The number of carboxylic acid groups (broad SMARTS) is 1. The SMILES string of the molecule is O=C(O)/C(=C\c1ccc(-c2ccccc2F)o1)c1ccc(S(=O)(=O)N2CCCC2)s1. The van der Waals surface area contributed by atoms with Gasteiger partial charge in [-0.2, -0.15) is 4.31 Å². The fraction of sp³-hybridized carbons (Fsp3) is 0.190. The van der Waals surface area contributed by atoms with Gasteiger partial charge in [-0.15, -0.1) is 11.3 Å². The first-order chi connectivity index (χ1) is 14.4. The van der Waals surface area contributed by atoms with Crippen LogP contribution < -0.4 is 0 Å². The number of nitrogens with zero attached hydrogens (tertiary/aromatic N) is 1. The largest absolute Gasteiger partial charge is 0.478 e. The first kappa shape index (κ1) is 20.5. The van der Waals surface area contributed by atoms with E-state index < -0.39 is 21.8 Å². The fourth-order valence-corrected chi connectivity index (χ4v) is 6.26. The van der Waals surface area contributed by atoms with Crippen LogP contribution in [0.3, 0.4) is 0 Å². The van der Waals surface area contributed by atoms with Crippen LogP contribution in [-0.2, 0) is 14.8 Å². The number of furan rings is 1. The Morgan fingerprint density at radius 3 is 2.53 bits per heavy atom. The van der Waals surface area contributed by atoms with E-state index in [0.717, 1.165) is 24.2 Å². The zero-order chi connectivity index (χ0) is 21.3. The molecule has 3 heterocycles. The Balaban J connectivity index is 1.66. The molecule has 0 radical (unpaired) electrons. The highest BCUT2D eigenvalue weighted by Crippen LogP contribution is 2.33. The second kappa shape index (κ2) is 8.17. The third-order valence-corrected chi connectivity index (χ3v) is 8.27. The summed E-state index contributed by atoms with van der Waals surface area (Å²) in [5.41, 5.74) is 0.168. The lowest BCUT2D eigenvalue weighted by atomic mass is 10.1. The van der Waals surface area contributed by atoms with E-state index in [0.29, 0.717) is 18.0 Å². The molecule has 0 atom stereocenters. The lowest BCUT2D eigenvalue weighted by Gasteiger charge is -2.13. The number of benzene rings is 1. The van der Waals surface area contributed by atoms with Crippen molar-refractivity contribution < 1.29 is 27.1 Å². The second-order valence-corrected chi connectivity index (χ2v) is 10.0. The van der Waals surface area contributed by atoms with Gasteiger partial charge in [0.1, 0.15) is 21.5 Å². The molecule has 156 valence electrons. The van der Waals surface area contributed by atoms with Crippen molar-refractivity contribution in [3.8, 4) is 11.3 Å². The summed E-state index contributed by atoms with van der Waals surface area (Å²) in [5.74, 6) is -1.17. The van der Waals surface area contributed by atoms with E-state index in [1.54, 1.807) is 30.3 Å². The van der Waals surface area contributed by atoms with Gasteiger partial charge < -0.3 is 9.52 Å². The highest BCUT2D eigenvalue weighted by Gasteiger charge is 2.29. The Morgan fingerprint density at radius 1 is 1.10 bits per heavy atom. The summed E-state index contributed by atoms with van der Waals surface area (Å²) >= 11 is 0.908. The van der Waals surface area contributed by atoms with Gasteiger partial charge in [0, 0.05) is 18.0 Å². The van der Waals surface area contributed by atoms with Crippen LogP contribution in [0.25, 0.3) is 23.0 Å². The Morgan fingerprint density at radius 2 is 1.83 bits per heavy atom. The molecule has 1 aliphatic heterocycles. The Kier molecular flexibility index (Phi) is 5.59. The number of carboxylic acids is 1. The van der Waals surface area contributed by atoms with Crippen molar-refractivity contribution in [2.24, 2.45) is 0 Å². The van der Waals surface area contributed by atoms with Crippen LogP contribution >= 0.6 is 11.3 Å². The third-order valence-electron chi connectivity index (χ3n) is 4.79. The molecule has 1 fully saturated rings. The van der Waals surface area contributed by atoms with Crippen molar-refractivity contribution in [2.45, 2.75) is 17.1 Å². The average molecular weight is 448 g/mol. The smallest absolute Gasteiger partial charge is 0.337 e. The van der Waals surface area contributed by atoms with Crippen LogP contribution in [0, 0.1) is 5.82 Å². The summed E-state index contributed by atoms with van der Waals surface area (Å²) in [6.07, 6.45) is 2.95. The number of halogens is 1. The molecular formula is C21H18FNO5S2. The molecule has 1 N–H and O–H groups in total. The number of hydrogen-bond donors (Lipinski definition) is 1. The lowest BCUT2D eigenvalue weighted by Crippen LogP contribution is -2.27. The topological polar surface area (TPSA) is 87.8 Å². The number of sulfonamides is 1. The lowest BCUT2D eigenvalue weighted by molar-refractivity contribution is -0.130. The molecule has 0 saturated carbocycles. The van der Waals surface area contributed by atoms with Crippen molar-refractivity contribution >= 4 is 39.0 Å². The van der Waals surface area contributed by atoms with Gasteiger partial charge in [0.2, 0.25) is 0 Å². The number of aliphatic carboxylic acids is 1. The molecule has 0 spiro atoms. The number of thiophene rings is 1. The molecule has 2 aromatic heterocycles. The van der Waals surface area contributed by atoms with Crippen LogP contribution in [0.5, 0.6) is 0 Å². The minimum Gasteiger partial charge on any atom is -0.478 e. The zero-order valence-corrected chi connectivity index (χ0v) is 17.4. The Labute approximate surface area is 176 Å². The minimum atomic E-state index is -3.62. The monoisotopic (exact) mass is 447 g/mol. The van der Waals surface area contributed by atoms with Crippen molar-refractivity contribution in [3.63, 3.8) is 0 Å². The summed E-state index contributed by atoms with van der Waals surface area (Å²) in [6, 6.07) is 12.1. The van der Waals surface area contributed by atoms with Crippen LogP contribution in [0.4, 0.5) is 4.39 Å². The van der Waals surface area contributed by atoms with Crippen LogP contribution in [0.2, 0.25) is 0 Å². The van der Waals surface area contributed by atoms with Crippen molar-refractivity contribution in [1.82, 2.24) is 4.31 Å². The predicted molar refractivity (Wildman–Crippen MR) is 112 cm³/mol. The summed E-state index contributed by atoms with van der Waals surface area (Å²) in [5, 5.41) is 9.66. The highest BCUT2D eigenvalue weighted by molar-refractivity contribution is 7.91. The van der Waals surface area contributed by atoms with Gasteiger partial charge in [0.25, 0.3) is 10.0 Å². The van der Waals surface area contributed by atoms with Gasteiger partial charge >= 0.3 is 5.97 Å². The predicted octanol–water partition coefficient (Wildman–Crippen LogP) is 4.56. The number of rotatable bonds is 6. The minimum absolute atomic E-state index is 0.0997. The van der Waals surface area contributed by atoms with Gasteiger partial charge in [-0.05, 0) is 55.3 Å². The van der Waals surface area contributed by atoms with E-state index >= 15 is 0 Å². The molecule has 1 saturated heterocycles. The molecule has 3 aromatic rings. The van der Waals surface area contributed by atoms with Crippen LogP contribution in [0.1, 0.15) is 23.5 Å². The maximum Gasteiger partial charge on any atom is 0.337 e. The molecule has 1 aliphatic rings. The molecule has 0 amide bonds. The quantitative estimate of drug-likeness (QED) is 0.560. The van der Waals surface area contributed by atoms with E-state index in [9.17, 15) is 22.7 Å². The summed E-state index contributed by atoms with van der Waals surface area (Å²) in [7, 11) is -3.62. The summed E-state index contributed by atoms with van der Waals surface area (Å²) < 4.78 is 46.5. The first-order valence-electron chi connectivity index (χ1n) is 9.26. The third kappa shape index (κ3) is 3.96. The van der Waals surface area contributed by atoms with Gasteiger partial charge in [-0.1, -0.05) is 12.1 Å². The van der Waals surface area contributed by atoms with Crippen molar-refractivity contribution in [1.29, 1.82) is 0 Å². The molecule has 0 aliphatic carbocycles. The molecule has 1 aromatic carbocycles.